The minimum atomic E-state index is -0.298. The van der Waals surface area contributed by atoms with Gasteiger partial charge in [0.05, 0.1) is 12.3 Å². The summed E-state index contributed by atoms with van der Waals surface area (Å²) in [6.45, 7) is 0.423. The third kappa shape index (κ3) is 3.11. The molecule has 1 atom stereocenters. The van der Waals surface area contributed by atoms with E-state index >= 15 is 0 Å². The lowest BCUT2D eigenvalue weighted by molar-refractivity contribution is -0.108. The average molecular weight is 411 g/mol. The monoisotopic (exact) mass is 410 g/mol. The van der Waals surface area contributed by atoms with Crippen molar-refractivity contribution in [3.63, 3.8) is 0 Å². The second-order valence-electron chi connectivity index (χ2n) is 4.77. The first-order chi connectivity index (χ1) is 10.2. The van der Waals surface area contributed by atoms with Crippen LogP contribution in [0.25, 0.3) is 0 Å². The van der Waals surface area contributed by atoms with Gasteiger partial charge in [0.25, 0.3) is 0 Å². The normalized spacial score (nSPS) is 17.2. The Labute approximate surface area is 141 Å². The van der Waals surface area contributed by atoms with Crippen LogP contribution in [-0.2, 0) is 4.79 Å². The molecule has 1 unspecified atom stereocenters. The standard InChI is InChI=1S/C16H12ClIN2O/c17-11-3-1-10(2-4-11)16-14-7-12(18)5-6-15(14)20-13(9-21)8-19-16/h1-7,9,13,20H,8H2. The van der Waals surface area contributed by atoms with E-state index in [9.17, 15) is 4.79 Å². The van der Waals surface area contributed by atoms with E-state index in [2.05, 4.69) is 39.0 Å². The largest absolute Gasteiger partial charge is 0.373 e. The topological polar surface area (TPSA) is 41.5 Å². The fourth-order valence-corrected chi connectivity index (χ4v) is 2.91. The number of benzene rings is 2. The number of nitrogens with one attached hydrogen (secondary N) is 1. The molecule has 5 heteroatoms. The lowest BCUT2D eigenvalue weighted by Gasteiger charge is -2.13. The van der Waals surface area contributed by atoms with Crippen molar-refractivity contribution in [1.82, 2.24) is 0 Å². The van der Waals surface area contributed by atoms with Gasteiger partial charge in [-0.25, -0.2) is 0 Å². The molecule has 1 aliphatic heterocycles. The van der Waals surface area contributed by atoms with E-state index in [0.717, 1.165) is 32.4 Å². The third-order valence-electron chi connectivity index (χ3n) is 3.31. The number of fused-ring (bicyclic) bond motifs is 1. The van der Waals surface area contributed by atoms with Gasteiger partial charge in [-0.2, -0.15) is 0 Å². The summed E-state index contributed by atoms with van der Waals surface area (Å²) in [4.78, 5) is 15.8. The number of rotatable bonds is 2. The number of aldehydes is 1. The van der Waals surface area contributed by atoms with Crippen LogP contribution in [0.2, 0.25) is 5.02 Å². The number of hydrogen-bond donors (Lipinski definition) is 1. The lowest BCUT2D eigenvalue weighted by atomic mass is 10.0. The Morgan fingerprint density at radius 2 is 2.00 bits per heavy atom. The van der Waals surface area contributed by atoms with Crippen molar-refractivity contribution >= 4 is 51.9 Å². The molecule has 21 heavy (non-hydrogen) atoms. The highest BCUT2D eigenvalue weighted by Crippen LogP contribution is 2.26. The Morgan fingerprint density at radius 3 is 2.71 bits per heavy atom. The third-order valence-corrected chi connectivity index (χ3v) is 4.23. The highest BCUT2D eigenvalue weighted by Gasteiger charge is 2.19. The predicted octanol–water partition coefficient (Wildman–Crippen LogP) is 3.78. The highest BCUT2D eigenvalue weighted by molar-refractivity contribution is 14.1. The highest BCUT2D eigenvalue weighted by atomic mass is 127. The molecule has 3 nitrogen and oxygen atoms in total. The van der Waals surface area contributed by atoms with Crippen molar-refractivity contribution in [3.8, 4) is 0 Å². The van der Waals surface area contributed by atoms with Gasteiger partial charge in [-0.3, -0.25) is 4.99 Å². The molecule has 2 aromatic rings. The molecule has 0 saturated heterocycles. The van der Waals surface area contributed by atoms with Crippen LogP contribution < -0.4 is 5.32 Å². The summed E-state index contributed by atoms with van der Waals surface area (Å²) in [6.07, 6.45) is 0.899. The molecule has 106 valence electrons. The molecular formula is C16H12ClIN2O. The summed E-state index contributed by atoms with van der Waals surface area (Å²) in [7, 11) is 0. The van der Waals surface area contributed by atoms with Gasteiger partial charge in [-0.15, -0.1) is 0 Å². The van der Waals surface area contributed by atoms with E-state index in [1.807, 2.05) is 36.4 Å². The van der Waals surface area contributed by atoms with Crippen LogP contribution in [-0.4, -0.2) is 24.6 Å². The Kier molecular flexibility index (Phi) is 4.26. The van der Waals surface area contributed by atoms with Gasteiger partial charge in [0.1, 0.15) is 12.3 Å². The summed E-state index contributed by atoms with van der Waals surface area (Å²) in [5, 5.41) is 3.93. The van der Waals surface area contributed by atoms with Crippen LogP contribution in [0, 0.1) is 3.57 Å². The molecule has 2 aromatic carbocycles. The van der Waals surface area contributed by atoms with Gasteiger partial charge >= 0.3 is 0 Å². The minimum Gasteiger partial charge on any atom is -0.373 e. The van der Waals surface area contributed by atoms with E-state index in [1.54, 1.807) is 0 Å². The number of anilines is 1. The Bertz CT molecular complexity index is 713. The number of carbonyl (C=O) groups excluding carboxylic acids is 1. The van der Waals surface area contributed by atoms with Crippen LogP contribution in [0.5, 0.6) is 0 Å². The predicted molar refractivity (Wildman–Crippen MR) is 94.6 cm³/mol. The van der Waals surface area contributed by atoms with Crippen LogP contribution in [0.1, 0.15) is 11.1 Å². The van der Waals surface area contributed by atoms with E-state index in [1.165, 1.54) is 0 Å². The van der Waals surface area contributed by atoms with E-state index < -0.39 is 0 Å². The molecule has 1 heterocycles. The van der Waals surface area contributed by atoms with Gasteiger partial charge < -0.3 is 10.1 Å². The Morgan fingerprint density at radius 1 is 1.24 bits per heavy atom. The molecule has 3 rings (SSSR count). The fourth-order valence-electron chi connectivity index (χ4n) is 2.29. The van der Waals surface area contributed by atoms with Gasteiger partial charge in [-0.1, -0.05) is 23.7 Å². The molecule has 0 fully saturated rings. The quantitative estimate of drug-likeness (QED) is 0.605. The van der Waals surface area contributed by atoms with Gasteiger partial charge in [0, 0.05) is 25.4 Å². The minimum absolute atomic E-state index is 0.298. The molecule has 0 amide bonds. The van der Waals surface area contributed by atoms with E-state index in [-0.39, 0.29) is 6.04 Å². The second kappa shape index (κ2) is 6.15. The molecule has 0 aliphatic carbocycles. The number of carbonyl (C=O) groups is 1. The van der Waals surface area contributed by atoms with Crippen LogP contribution in [0.4, 0.5) is 5.69 Å². The average Bonchev–Trinajstić information content (AvgIpc) is 2.67. The van der Waals surface area contributed by atoms with Gasteiger partial charge in [-0.05, 0) is 52.9 Å². The number of halogens is 2. The van der Waals surface area contributed by atoms with Crippen molar-refractivity contribution in [2.75, 3.05) is 11.9 Å². The number of hydrogen-bond acceptors (Lipinski definition) is 3. The smallest absolute Gasteiger partial charge is 0.144 e. The van der Waals surface area contributed by atoms with Gasteiger partial charge in [0.2, 0.25) is 0 Å². The van der Waals surface area contributed by atoms with Crippen molar-refractivity contribution in [2.45, 2.75) is 6.04 Å². The zero-order valence-corrected chi connectivity index (χ0v) is 13.9. The molecular weight excluding hydrogens is 399 g/mol. The molecule has 1 N–H and O–H groups in total. The summed E-state index contributed by atoms with van der Waals surface area (Å²) in [5.41, 5.74) is 3.82. The molecule has 0 bridgehead atoms. The van der Waals surface area contributed by atoms with Crippen molar-refractivity contribution in [3.05, 3.63) is 62.2 Å². The SMILES string of the molecule is O=CC1CN=C(c2ccc(Cl)cc2)c2cc(I)ccc2N1. The number of benzodiazepines with no additional fused rings is 1. The second-order valence-corrected chi connectivity index (χ2v) is 6.46. The molecule has 0 radical (unpaired) electrons. The molecule has 0 spiro atoms. The van der Waals surface area contributed by atoms with Crippen LogP contribution in [0.15, 0.2) is 47.5 Å². The van der Waals surface area contributed by atoms with Crippen molar-refractivity contribution < 1.29 is 4.79 Å². The Balaban J connectivity index is 2.14. The maximum Gasteiger partial charge on any atom is 0.144 e. The van der Waals surface area contributed by atoms with E-state index in [0.29, 0.717) is 11.6 Å². The summed E-state index contributed by atoms with van der Waals surface area (Å²) in [5.74, 6) is 0. The summed E-state index contributed by atoms with van der Waals surface area (Å²) in [6, 6.07) is 13.4. The number of nitrogens with zero attached hydrogens (tertiary/aromatic N) is 1. The maximum absolute atomic E-state index is 11.1. The number of aliphatic imine (C=N–C) groups is 1. The zero-order chi connectivity index (χ0) is 14.8. The Hall–Kier alpha value is -1.40. The fraction of sp³-hybridized carbons (Fsp3) is 0.125. The van der Waals surface area contributed by atoms with Gasteiger partial charge in [0.15, 0.2) is 0 Å². The zero-order valence-electron chi connectivity index (χ0n) is 11.0. The summed E-state index contributed by atoms with van der Waals surface area (Å²) < 4.78 is 1.12. The maximum atomic E-state index is 11.1. The summed E-state index contributed by atoms with van der Waals surface area (Å²) >= 11 is 8.23. The van der Waals surface area contributed by atoms with E-state index in [4.69, 9.17) is 11.6 Å². The lowest BCUT2D eigenvalue weighted by Crippen LogP contribution is -2.23. The first-order valence-corrected chi connectivity index (χ1v) is 7.95. The first kappa shape index (κ1) is 14.5. The van der Waals surface area contributed by atoms with Crippen molar-refractivity contribution in [1.29, 1.82) is 0 Å². The van der Waals surface area contributed by atoms with Crippen molar-refractivity contribution in [2.24, 2.45) is 4.99 Å². The molecule has 1 aliphatic rings. The van der Waals surface area contributed by atoms with Crippen LogP contribution >= 0.6 is 34.2 Å². The first-order valence-electron chi connectivity index (χ1n) is 6.49. The van der Waals surface area contributed by atoms with Crippen LogP contribution in [0.3, 0.4) is 0 Å². The molecule has 0 aromatic heterocycles. The molecule has 0 saturated carbocycles.